The minimum Gasteiger partial charge on any atom is -0.418 e. The fourth-order valence-corrected chi connectivity index (χ4v) is 2.69. The largest absolute Gasteiger partial charge is 0.418 e. The fourth-order valence-electron chi connectivity index (χ4n) is 2.50. The normalized spacial score (nSPS) is 12.6. The molecule has 1 amide bonds. The molecule has 0 aliphatic carbocycles. The Bertz CT molecular complexity index is 954. The summed E-state index contributed by atoms with van der Waals surface area (Å²) >= 11 is 6.03. The molecule has 0 fully saturated rings. The van der Waals surface area contributed by atoms with Gasteiger partial charge in [0.15, 0.2) is 0 Å². The number of carbonyl (C=O) groups is 1. The van der Waals surface area contributed by atoms with E-state index in [1.807, 2.05) is 36.4 Å². The average Bonchev–Trinajstić information content (AvgIpc) is 3.17. The molecule has 152 valence electrons. The molecule has 29 heavy (non-hydrogen) atoms. The zero-order valence-electron chi connectivity index (χ0n) is 16.3. The number of nitrogens with one attached hydrogen (secondary N) is 1. The highest BCUT2D eigenvalue weighted by Crippen LogP contribution is 2.24. The molecule has 0 saturated heterocycles. The van der Waals surface area contributed by atoms with E-state index < -0.39 is 11.6 Å². The van der Waals surface area contributed by atoms with Gasteiger partial charge in [-0.1, -0.05) is 48.0 Å². The molecule has 1 atom stereocenters. The number of ether oxygens (including phenoxy) is 1. The van der Waals surface area contributed by atoms with Gasteiger partial charge in [-0.3, -0.25) is 4.79 Å². The predicted octanol–water partition coefficient (Wildman–Crippen LogP) is 3.50. The number of rotatable bonds is 8. The van der Waals surface area contributed by atoms with E-state index in [1.165, 1.54) is 0 Å². The summed E-state index contributed by atoms with van der Waals surface area (Å²) in [5.74, 6) is 0.177. The Morgan fingerprint density at radius 3 is 2.66 bits per heavy atom. The Hall–Kier alpha value is -2.74. The molecule has 0 aliphatic rings. The molecule has 0 radical (unpaired) electrons. The molecule has 7 nitrogen and oxygen atoms in total. The van der Waals surface area contributed by atoms with E-state index in [0.29, 0.717) is 23.1 Å². The molecule has 2 aromatic carbocycles. The maximum atomic E-state index is 12.4. The third-order valence-corrected chi connectivity index (χ3v) is 4.33. The van der Waals surface area contributed by atoms with Crippen LogP contribution in [-0.4, -0.2) is 28.3 Å². The Labute approximate surface area is 174 Å². The van der Waals surface area contributed by atoms with Crippen LogP contribution in [-0.2, 0) is 16.1 Å². The SMILES string of the molecule is CC(C)(N)C(=O)NC(COCc1ccccc1)c1nnc(-c2cccc(Cl)c2)o1. The van der Waals surface area contributed by atoms with Gasteiger partial charge in [0.25, 0.3) is 0 Å². The number of carbonyl (C=O) groups excluding carboxylic acids is 1. The van der Waals surface area contributed by atoms with Crippen LogP contribution in [0, 0.1) is 0 Å². The van der Waals surface area contributed by atoms with Crippen LogP contribution in [0.1, 0.15) is 31.3 Å². The fraction of sp³-hybridized carbons (Fsp3) is 0.286. The van der Waals surface area contributed by atoms with Gasteiger partial charge in [-0.15, -0.1) is 10.2 Å². The molecule has 8 heteroatoms. The van der Waals surface area contributed by atoms with E-state index in [-0.39, 0.29) is 18.4 Å². The van der Waals surface area contributed by atoms with Crippen molar-refractivity contribution in [1.82, 2.24) is 15.5 Å². The van der Waals surface area contributed by atoms with Gasteiger partial charge in [0, 0.05) is 10.6 Å². The summed E-state index contributed by atoms with van der Waals surface area (Å²) in [6, 6.07) is 16.2. The van der Waals surface area contributed by atoms with Crippen LogP contribution in [0.15, 0.2) is 59.0 Å². The van der Waals surface area contributed by atoms with E-state index in [9.17, 15) is 4.79 Å². The van der Waals surface area contributed by atoms with Crippen molar-refractivity contribution in [3.63, 3.8) is 0 Å². The molecule has 1 aromatic heterocycles. The van der Waals surface area contributed by atoms with Gasteiger partial charge in [-0.2, -0.15) is 0 Å². The summed E-state index contributed by atoms with van der Waals surface area (Å²) in [6.07, 6.45) is 0. The molecular weight excluding hydrogens is 392 g/mol. The van der Waals surface area contributed by atoms with Gasteiger partial charge in [0.2, 0.25) is 17.7 Å². The van der Waals surface area contributed by atoms with Crippen molar-refractivity contribution in [3.05, 3.63) is 71.1 Å². The number of benzene rings is 2. The molecule has 0 saturated carbocycles. The van der Waals surface area contributed by atoms with Crippen molar-refractivity contribution in [2.45, 2.75) is 32.0 Å². The summed E-state index contributed by atoms with van der Waals surface area (Å²) in [6.45, 7) is 3.77. The van der Waals surface area contributed by atoms with Crippen molar-refractivity contribution in [2.75, 3.05) is 6.61 Å². The number of nitrogens with zero attached hydrogens (tertiary/aromatic N) is 2. The predicted molar refractivity (Wildman–Crippen MR) is 110 cm³/mol. The van der Waals surface area contributed by atoms with E-state index in [1.54, 1.807) is 32.0 Å². The standard InChI is InChI=1S/C21H23ClN4O3/c1-21(2,23)20(27)24-17(13-28-12-14-7-4-3-5-8-14)19-26-25-18(29-19)15-9-6-10-16(22)11-15/h3-11,17H,12-13,23H2,1-2H3,(H,24,27). The van der Waals surface area contributed by atoms with Crippen LogP contribution in [0.2, 0.25) is 5.02 Å². The number of aromatic nitrogens is 2. The minimum atomic E-state index is -1.06. The Morgan fingerprint density at radius 1 is 1.21 bits per heavy atom. The topological polar surface area (TPSA) is 103 Å². The van der Waals surface area contributed by atoms with E-state index in [0.717, 1.165) is 5.56 Å². The molecular formula is C21H23ClN4O3. The molecule has 1 unspecified atom stereocenters. The van der Waals surface area contributed by atoms with Crippen LogP contribution in [0.3, 0.4) is 0 Å². The van der Waals surface area contributed by atoms with Crippen molar-refractivity contribution in [3.8, 4) is 11.5 Å². The average molecular weight is 415 g/mol. The first kappa shape index (κ1) is 21.0. The lowest BCUT2D eigenvalue weighted by molar-refractivity contribution is -0.126. The van der Waals surface area contributed by atoms with Gasteiger partial charge in [0.1, 0.15) is 6.04 Å². The molecule has 0 spiro atoms. The Kier molecular flexibility index (Phi) is 6.64. The first-order chi connectivity index (χ1) is 13.8. The highest BCUT2D eigenvalue weighted by atomic mass is 35.5. The molecule has 0 bridgehead atoms. The molecule has 0 aliphatic heterocycles. The van der Waals surface area contributed by atoms with Gasteiger partial charge < -0.3 is 20.2 Å². The number of hydrogen-bond acceptors (Lipinski definition) is 6. The molecule has 1 heterocycles. The summed E-state index contributed by atoms with van der Waals surface area (Å²) in [5.41, 5.74) is 6.54. The monoisotopic (exact) mass is 414 g/mol. The third kappa shape index (κ3) is 5.87. The first-order valence-electron chi connectivity index (χ1n) is 9.14. The lowest BCUT2D eigenvalue weighted by atomic mass is 10.1. The summed E-state index contributed by atoms with van der Waals surface area (Å²) in [4.78, 5) is 12.4. The van der Waals surface area contributed by atoms with Gasteiger partial charge >= 0.3 is 0 Å². The lowest BCUT2D eigenvalue weighted by Gasteiger charge is -2.22. The van der Waals surface area contributed by atoms with Crippen molar-refractivity contribution < 1.29 is 13.9 Å². The third-order valence-electron chi connectivity index (χ3n) is 4.10. The Balaban J connectivity index is 1.76. The van der Waals surface area contributed by atoms with E-state index >= 15 is 0 Å². The summed E-state index contributed by atoms with van der Waals surface area (Å²) < 4.78 is 11.6. The molecule has 3 rings (SSSR count). The van der Waals surface area contributed by atoms with Crippen LogP contribution in [0.5, 0.6) is 0 Å². The van der Waals surface area contributed by atoms with Crippen LogP contribution in [0.25, 0.3) is 11.5 Å². The van der Waals surface area contributed by atoms with Crippen LogP contribution < -0.4 is 11.1 Å². The van der Waals surface area contributed by atoms with Gasteiger partial charge in [-0.25, -0.2) is 0 Å². The first-order valence-corrected chi connectivity index (χ1v) is 9.51. The number of nitrogens with two attached hydrogens (primary N) is 1. The summed E-state index contributed by atoms with van der Waals surface area (Å²) in [7, 11) is 0. The highest BCUT2D eigenvalue weighted by Gasteiger charge is 2.28. The lowest BCUT2D eigenvalue weighted by Crippen LogP contribution is -2.50. The maximum Gasteiger partial charge on any atom is 0.247 e. The van der Waals surface area contributed by atoms with Crippen LogP contribution in [0.4, 0.5) is 0 Å². The minimum absolute atomic E-state index is 0.147. The van der Waals surface area contributed by atoms with Gasteiger partial charge in [0.05, 0.1) is 18.8 Å². The summed E-state index contributed by atoms with van der Waals surface area (Å²) in [5, 5.41) is 11.5. The van der Waals surface area contributed by atoms with Crippen molar-refractivity contribution >= 4 is 17.5 Å². The van der Waals surface area contributed by atoms with Gasteiger partial charge in [-0.05, 0) is 37.6 Å². The second-order valence-corrected chi connectivity index (χ2v) is 7.64. The second kappa shape index (κ2) is 9.17. The van der Waals surface area contributed by atoms with Crippen LogP contribution >= 0.6 is 11.6 Å². The number of hydrogen-bond donors (Lipinski definition) is 2. The van der Waals surface area contributed by atoms with Crippen molar-refractivity contribution in [1.29, 1.82) is 0 Å². The second-order valence-electron chi connectivity index (χ2n) is 7.20. The molecule has 3 aromatic rings. The Morgan fingerprint density at radius 2 is 1.97 bits per heavy atom. The molecule has 3 N–H and O–H groups in total. The quantitative estimate of drug-likeness (QED) is 0.584. The van der Waals surface area contributed by atoms with Crippen molar-refractivity contribution in [2.24, 2.45) is 5.73 Å². The van der Waals surface area contributed by atoms with E-state index in [4.69, 9.17) is 26.5 Å². The number of halogens is 1. The van der Waals surface area contributed by atoms with E-state index in [2.05, 4.69) is 15.5 Å². The maximum absolute atomic E-state index is 12.4. The number of amides is 1. The smallest absolute Gasteiger partial charge is 0.247 e. The zero-order valence-corrected chi connectivity index (χ0v) is 17.0. The highest BCUT2D eigenvalue weighted by molar-refractivity contribution is 6.30. The zero-order chi connectivity index (χ0) is 20.9.